The van der Waals surface area contributed by atoms with Gasteiger partial charge in [-0.15, -0.1) is 0 Å². The van der Waals surface area contributed by atoms with Crippen LogP contribution in [0.1, 0.15) is 19.8 Å². The van der Waals surface area contributed by atoms with Gasteiger partial charge in [0.05, 0.1) is 0 Å². The van der Waals surface area contributed by atoms with E-state index in [1.807, 2.05) is 0 Å². The number of anilines is 2. The predicted octanol–water partition coefficient (Wildman–Crippen LogP) is 2.74. The van der Waals surface area contributed by atoms with Crippen molar-refractivity contribution in [1.29, 1.82) is 0 Å². The Morgan fingerprint density at radius 2 is 2.00 bits per heavy atom. The van der Waals surface area contributed by atoms with Crippen LogP contribution < -0.4 is 9.80 Å². The Kier molecular flexibility index (Phi) is 3.14. The van der Waals surface area contributed by atoms with Crippen LogP contribution >= 0.6 is 0 Å². The van der Waals surface area contributed by atoms with E-state index in [9.17, 15) is 0 Å². The first-order chi connectivity index (χ1) is 7.31. The van der Waals surface area contributed by atoms with E-state index in [0.717, 1.165) is 6.54 Å². The van der Waals surface area contributed by atoms with Crippen molar-refractivity contribution >= 4 is 11.4 Å². The van der Waals surface area contributed by atoms with Crippen molar-refractivity contribution < 1.29 is 0 Å². The zero-order valence-electron chi connectivity index (χ0n) is 9.74. The number of rotatable bonds is 3. The number of hydrogen-bond acceptors (Lipinski definition) is 2. The molecule has 15 heavy (non-hydrogen) atoms. The molecule has 1 aliphatic heterocycles. The summed E-state index contributed by atoms with van der Waals surface area (Å²) in [5.41, 5.74) is 2.70. The summed E-state index contributed by atoms with van der Waals surface area (Å²) in [6, 6.07) is 8.87. The van der Waals surface area contributed by atoms with Gasteiger partial charge in [-0.25, -0.2) is 0 Å². The first-order valence-corrected chi connectivity index (χ1v) is 5.87. The van der Waals surface area contributed by atoms with Crippen molar-refractivity contribution in [1.82, 2.24) is 0 Å². The molecule has 1 aromatic rings. The third kappa shape index (κ3) is 2.25. The van der Waals surface area contributed by atoms with Gasteiger partial charge in [0.15, 0.2) is 0 Å². The van der Waals surface area contributed by atoms with Crippen molar-refractivity contribution in [3.05, 3.63) is 24.3 Å². The van der Waals surface area contributed by atoms with Gasteiger partial charge in [0, 0.05) is 38.1 Å². The van der Waals surface area contributed by atoms with Crippen LogP contribution in [0, 0.1) is 0 Å². The highest BCUT2D eigenvalue weighted by Crippen LogP contribution is 2.24. The summed E-state index contributed by atoms with van der Waals surface area (Å²) in [5, 5.41) is 0. The van der Waals surface area contributed by atoms with Crippen LogP contribution in [0.15, 0.2) is 24.3 Å². The summed E-state index contributed by atoms with van der Waals surface area (Å²) in [4.78, 5) is 4.76. The van der Waals surface area contributed by atoms with E-state index in [1.165, 1.54) is 37.3 Å². The third-order valence-corrected chi connectivity index (χ3v) is 3.22. The molecule has 1 fully saturated rings. The predicted molar refractivity (Wildman–Crippen MR) is 66.8 cm³/mol. The molecule has 0 amide bonds. The maximum atomic E-state index is 2.48. The van der Waals surface area contributed by atoms with Crippen LogP contribution in [0.5, 0.6) is 0 Å². The fourth-order valence-corrected chi connectivity index (χ4v) is 2.09. The molecular formula is C13H20N2. The Labute approximate surface area is 92.5 Å². The van der Waals surface area contributed by atoms with E-state index in [2.05, 4.69) is 48.0 Å². The second kappa shape index (κ2) is 4.56. The zero-order chi connectivity index (χ0) is 10.7. The van der Waals surface area contributed by atoms with Crippen LogP contribution in [0.2, 0.25) is 0 Å². The number of benzene rings is 1. The van der Waals surface area contributed by atoms with E-state index in [4.69, 9.17) is 0 Å². The Bertz CT molecular complexity index is 316. The summed E-state index contributed by atoms with van der Waals surface area (Å²) < 4.78 is 0. The Hall–Kier alpha value is -1.18. The fraction of sp³-hybridized carbons (Fsp3) is 0.538. The lowest BCUT2D eigenvalue weighted by Crippen LogP contribution is -2.19. The maximum Gasteiger partial charge on any atom is 0.0386 e. The number of hydrogen-bond donors (Lipinski definition) is 0. The van der Waals surface area contributed by atoms with Gasteiger partial charge in [0.25, 0.3) is 0 Å². The van der Waals surface area contributed by atoms with Crippen molar-refractivity contribution in [3.8, 4) is 0 Å². The Morgan fingerprint density at radius 3 is 2.67 bits per heavy atom. The van der Waals surface area contributed by atoms with E-state index in [-0.39, 0.29) is 0 Å². The highest BCUT2D eigenvalue weighted by Gasteiger charge is 2.12. The van der Waals surface area contributed by atoms with Gasteiger partial charge in [-0.3, -0.25) is 0 Å². The van der Waals surface area contributed by atoms with Crippen molar-refractivity contribution in [2.45, 2.75) is 19.8 Å². The van der Waals surface area contributed by atoms with E-state index >= 15 is 0 Å². The minimum absolute atomic E-state index is 1.06. The SMILES string of the molecule is CCN(C)c1cccc(N2CCCC2)c1. The average molecular weight is 204 g/mol. The molecular weight excluding hydrogens is 184 g/mol. The van der Waals surface area contributed by atoms with E-state index in [0.29, 0.717) is 0 Å². The quantitative estimate of drug-likeness (QED) is 0.747. The zero-order valence-corrected chi connectivity index (χ0v) is 9.74. The van der Waals surface area contributed by atoms with Gasteiger partial charge in [0.1, 0.15) is 0 Å². The highest BCUT2D eigenvalue weighted by molar-refractivity contribution is 5.59. The molecule has 1 saturated heterocycles. The highest BCUT2D eigenvalue weighted by atomic mass is 15.1. The minimum Gasteiger partial charge on any atom is -0.375 e. The topological polar surface area (TPSA) is 6.48 Å². The molecule has 0 aromatic heterocycles. The summed E-state index contributed by atoms with van der Waals surface area (Å²) in [6.45, 7) is 5.69. The molecule has 1 aliphatic rings. The fourth-order valence-electron chi connectivity index (χ4n) is 2.09. The first kappa shape index (κ1) is 10.3. The largest absolute Gasteiger partial charge is 0.375 e. The van der Waals surface area contributed by atoms with Crippen LogP contribution in [0.25, 0.3) is 0 Å². The smallest absolute Gasteiger partial charge is 0.0386 e. The normalized spacial score (nSPS) is 15.7. The summed E-state index contributed by atoms with van der Waals surface area (Å²) in [5.74, 6) is 0. The summed E-state index contributed by atoms with van der Waals surface area (Å²) in [7, 11) is 2.14. The van der Waals surface area contributed by atoms with Crippen LogP contribution in [0.4, 0.5) is 11.4 Å². The molecule has 0 bridgehead atoms. The standard InChI is InChI=1S/C13H20N2/c1-3-14(2)12-7-6-8-13(11-12)15-9-4-5-10-15/h6-8,11H,3-5,9-10H2,1-2H3. The molecule has 1 aromatic carbocycles. The minimum atomic E-state index is 1.06. The van der Waals surface area contributed by atoms with Gasteiger partial charge >= 0.3 is 0 Å². The number of nitrogens with zero attached hydrogens (tertiary/aromatic N) is 2. The molecule has 2 nitrogen and oxygen atoms in total. The summed E-state index contributed by atoms with van der Waals surface area (Å²) >= 11 is 0. The monoisotopic (exact) mass is 204 g/mol. The van der Waals surface area contributed by atoms with Crippen LogP contribution in [-0.4, -0.2) is 26.7 Å². The average Bonchev–Trinajstić information content (AvgIpc) is 2.82. The molecule has 0 saturated carbocycles. The van der Waals surface area contributed by atoms with E-state index in [1.54, 1.807) is 0 Å². The first-order valence-electron chi connectivity index (χ1n) is 5.87. The Morgan fingerprint density at radius 1 is 1.27 bits per heavy atom. The van der Waals surface area contributed by atoms with Crippen molar-refractivity contribution in [2.24, 2.45) is 0 Å². The molecule has 0 radical (unpaired) electrons. The van der Waals surface area contributed by atoms with Gasteiger partial charge in [-0.05, 0) is 38.0 Å². The molecule has 0 aliphatic carbocycles. The lowest BCUT2D eigenvalue weighted by molar-refractivity contribution is 0.949. The lowest BCUT2D eigenvalue weighted by Gasteiger charge is -2.22. The molecule has 0 N–H and O–H groups in total. The maximum absolute atomic E-state index is 2.48. The van der Waals surface area contributed by atoms with Gasteiger partial charge < -0.3 is 9.80 Å². The van der Waals surface area contributed by atoms with Gasteiger partial charge in [0.2, 0.25) is 0 Å². The lowest BCUT2D eigenvalue weighted by atomic mass is 10.2. The van der Waals surface area contributed by atoms with Crippen LogP contribution in [-0.2, 0) is 0 Å². The van der Waals surface area contributed by atoms with Crippen molar-refractivity contribution in [3.63, 3.8) is 0 Å². The molecule has 0 spiro atoms. The second-order valence-corrected chi connectivity index (χ2v) is 4.23. The van der Waals surface area contributed by atoms with Crippen LogP contribution in [0.3, 0.4) is 0 Å². The van der Waals surface area contributed by atoms with Crippen molar-refractivity contribution in [2.75, 3.05) is 36.5 Å². The van der Waals surface area contributed by atoms with Gasteiger partial charge in [-0.1, -0.05) is 6.07 Å². The van der Waals surface area contributed by atoms with E-state index < -0.39 is 0 Å². The molecule has 0 atom stereocenters. The molecule has 1 heterocycles. The summed E-state index contributed by atoms with van der Waals surface area (Å²) in [6.07, 6.45) is 2.68. The third-order valence-electron chi connectivity index (χ3n) is 3.22. The molecule has 82 valence electrons. The van der Waals surface area contributed by atoms with Gasteiger partial charge in [-0.2, -0.15) is 0 Å². The Balaban J connectivity index is 2.18. The second-order valence-electron chi connectivity index (χ2n) is 4.23. The molecule has 0 unspecified atom stereocenters. The molecule has 2 rings (SSSR count). The molecule has 2 heteroatoms.